The molecule has 1 aliphatic heterocycles. The van der Waals surface area contributed by atoms with Crippen LogP contribution in [0.2, 0.25) is 0 Å². The van der Waals surface area contributed by atoms with Crippen molar-refractivity contribution < 1.29 is 39.1 Å². The first kappa shape index (κ1) is 37.7. The Morgan fingerprint density at radius 2 is 1.67 bits per heavy atom. The molecule has 0 spiro atoms. The minimum atomic E-state index is -1.22. The molecule has 0 aliphatic carbocycles. The zero-order valence-electron chi connectivity index (χ0n) is 29.1. The van der Waals surface area contributed by atoms with Crippen molar-refractivity contribution in [1.82, 2.24) is 10.3 Å². The van der Waals surface area contributed by atoms with Gasteiger partial charge in [-0.05, 0) is 60.8 Å². The molecular formula is C40H42N4O8. The smallest absolute Gasteiger partial charge is 0.161 e. The Morgan fingerprint density at radius 1 is 0.904 bits per heavy atom. The van der Waals surface area contributed by atoms with E-state index in [9.17, 15) is 30.6 Å². The molecule has 1 aromatic heterocycles. The molecule has 5 rings (SSSR count). The fourth-order valence-corrected chi connectivity index (χ4v) is 5.86. The highest BCUT2D eigenvalue weighted by atomic mass is 16.6. The fourth-order valence-electron chi connectivity index (χ4n) is 5.86. The second-order valence-electron chi connectivity index (χ2n) is 12.8. The lowest BCUT2D eigenvalue weighted by Gasteiger charge is -2.26. The van der Waals surface area contributed by atoms with Crippen LogP contribution < -0.4 is 24.3 Å². The van der Waals surface area contributed by atoms with Gasteiger partial charge in [0.25, 0.3) is 0 Å². The minimum Gasteiger partial charge on any atom is -0.488 e. The van der Waals surface area contributed by atoms with Gasteiger partial charge in [0.15, 0.2) is 11.5 Å². The van der Waals surface area contributed by atoms with Crippen LogP contribution >= 0.6 is 0 Å². The second kappa shape index (κ2) is 18.1. The normalized spacial score (nSPS) is 12.1. The topological polar surface area (TPSA) is 187 Å². The number of hydrogen-bond acceptors (Lipinski definition) is 12. The van der Waals surface area contributed by atoms with Crippen molar-refractivity contribution in [3.8, 4) is 46.3 Å². The Balaban J connectivity index is 1.30. The molecule has 0 atom stereocenters. The van der Waals surface area contributed by atoms with Crippen molar-refractivity contribution in [2.75, 3.05) is 39.6 Å². The highest BCUT2D eigenvalue weighted by molar-refractivity contribution is 5.79. The third kappa shape index (κ3) is 9.43. The third-order valence-electron chi connectivity index (χ3n) is 8.88. The number of nitrogens with zero attached hydrogens (tertiary/aromatic N) is 3. The number of ether oxygens (including phenoxy) is 4. The summed E-state index contributed by atoms with van der Waals surface area (Å²) in [5.74, 6) is 2.29. The van der Waals surface area contributed by atoms with Crippen LogP contribution in [-0.4, -0.2) is 65.7 Å². The Hall–Kier alpha value is -5.50. The van der Waals surface area contributed by atoms with Crippen LogP contribution in [0, 0.1) is 35.0 Å². The SMILES string of the molecule is Cc1cc(CNCCCC(=O)CC(CO)(CO)CO)c(OCc2cncc(C#N)c2)cc1OCc1cccc(-c2ccc3c(c2)OCCO3)c1C#N. The monoisotopic (exact) mass is 706 g/mol. The number of aromatic nitrogens is 1. The van der Waals surface area contributed by atoms with Gasteiger partial charge < -0.3 is 39.6 Å². The number of carbonyl (C=O) groups is 1. The number of rotatable bonds is 18. The van der Waals surface area contributed by atoms with Gasteiger partial charge in [-0.2, -0.15) is 10.5 Å². The number of ketones is 1. The summed E-state index contributed by atoms with van der Waals surface area (Å²) in [5.41, 5.74) is 4.42. The Morgan fingerprint density at radius 3 is 2.42 bits per heavy atom. The molecule has 0 bridgehead atoms. The number of hydrogen-bond donors (Lipinski definition) is 4. The number of nitrogens with one attached hydrogen (secondary N) is 1. The van der Waals surface area contributed by atoms with Gasteiger partial charge in [0.2, 0.25) is 0 Å². The van der Waals surface area contributed by atoms with E-state index in [1.165, 1.54) is 6.20 Å². The number of aryl methyl sites for hydroxylation is 1. The van der Waals surface area contributed by atoms with Gasteiger partial charge in [0.05, 0.1) is 30.9 Å². The van der Waals surface area contributed by atoms with Crippen LogP contribution in [0.5, 0.6) is 23.0 Å². The number of carbonyl (C=O) groups excluding carboxylic acids is 1. The highest BCUT2D eigenvalue weighted by Gasteiger charge is 2.30. The highest BCUT2D eigenvalue weighted by Crippen LogP contribution is 2.37. The number of Topliss-reactive ketones (excluding diaryl/α,β-unsaturated/α-hetero) is 1. The summed E-state index contributed by atoms with van der Waals surface area (Å²) < 4.78 is 24.0. The Labute approximate surface area is 302 Å². The van der Waals surface area contributed by atoms with E-state index < -0.39 is 25.2 Å². The van der Waals surface area contributed by atoms with Crippen molar-refractivity contribution in [2.24, 2.45) is 5.41 Å². The van der Waals surface area contributed by atoms with Gasteiger partial charge in [0.1, 0.15) is 55.8 Å². The molecular weight excluding hydrogens is 664 g/mol. The first-order valence-electron chi connectivity index (χ1n) is 17.0. The lowest BCUT2D eigenvalue weighted by atomic mass is 9.84. The molecule has 2 heterocycles. The van der Waals surface area contributed by atoms with Crippen molar-refractivity contribution >= 4 is 5.78 Å². The summed E-state index contributed by atoms with van der Waals surface area (Å²) in [4.78, 5) is 16.6. The Kier molecular flexibility index (Phi) is 13.2. The number of aliphatic hydroxyl groups is 3. The summed E-state index contributed by atoms with van der Waals surface area (Å²) in [7, 11) is 0. The number of nitriles is 2. The summed E-state index contributed by atoms with van der Waals surface area (Å²) in [6.07, 6.45) is 3.77. The molecule has 1 aliphatic rings. The van der Waals surface area contributed by atoms with Gasteiger partial charge in [-0.3, -0.25) is 9.78 Å². The average molecular weight is 707 g/mol. The molecule has 0 amide bonds. The number of aliphatic hydroxyl groups excluding tert-OH is 3. The lowest BCUT2D eigenvalue weighted by molar-refractivity contribution is -0.124. The zero-order chi connectivity index (χ0) is 36.9. The largest absolute Gasteiger partial charge is 0.488 e. The number of benzene rings is 3. The van der Waals surface area contributed by atoms with Crippen LogP contribution in [0.4, 0.5) is 0 Å². The maximum absolute atomic E-state index is 12.5. The molecule has 0 saturated carbocycles. The Bertz CT molecular complexity index is 1940. The maximum atomic E-state index is 12.5. The standard InChI is InChI=1S/C40H42N4O8/c1-27-12-32(21-43-9-3-5-33(48)16-40(24-45,25-46)26-47)38(51-22-29-13-28(17-41)19-44-20-29)15-37(27)52-23-31-4-2-6-34(35(31)18-42)30-7-8-36-39(14-30)50-11-10-49-36/h2,4,6-8,12-15,19-20,43,45-47H,3,5,9-11,16,21-26H2,1H3. The third-order valence-corrected chi connectivity index (χ3v) is 8.88. The van der Waals surface area contributed by atoms with E-state index in [1.807, 2.05) is 55.5 Å². The minimum absolute atomic E-state index is 0.102. The van der Waals surface area contributed by atoms with E-state index in [-0.39, 0.29) is 31.8 Å². The number of fused-ring (bicyclic) bond motifs is 1. The first-order chi connectivity index (χ1) is 25.3. The molecule has 4 N–H and O–H groups in total. The maximum Gasteiger partial charge on any atom is 0.161 e. The molecule has 0 radical (unpaired) electrons. The van der Waals surface area contributed by atoms with Gasteiger partial charge in [-0.1, -0.05) is 24.3 Å². The second-order valence-corrected chi connectivity index (χ2v) is 12.8. The summed E-state index contributed by atoms with van der Waals surface area (Å²) in [5, 5.41) is 51.5. The quantitative estimate of drug-likeness (QED) is 0.106. The van der Waals surface area contributed by atoms with Crippen LogP contribution in [0.1, 0.15) is 52.6 Å². The van der Waals surface area contributed by atoms with Crippen LogP contribution in [0.3, 0.4) is 0 Å². The van der Waals surface area contributed by atoms with Crippen LogP contribution in [-0.2, 0) is 24.6 Å². The van der Waals surface area contributed by atoms with Crippen molar-refractivity contribution in [2.45, 2.75) is 45.9 Å². The van der Waals surface area contributed by atoms with Crippen molar-refractivity contribution in [3.63, 3.8) is 0 Å². The van der Waals surface area contributed by atoms with Crippen LogP contribution in [0.15, 0.2) is 67.0 Å². The average Bonchev–Trinajstić information content (AvgIpc) is 3.18. The molecule has 4 aromatic rings. The van der Waals surface area contributed by atoms with E-state index in [0.717, 1.165) is 27.8 Å². The lowest BCUT2D eigenvalue weighted by Crippen LogP contribution is -2.36. The molecule has 0 unspecified atom stereocenters. The van der Waals surface area contributed by atoms with E-state index in [0.29, 0.717) is 72.4 Å². The van der Waals surface area contributed by atoms with E-state index in [1.54, 1.807) is 12.3 Å². The molecule has 3 aromatic carbocycles. The van der Waals surface area contributed by atoms with E-state index in [4.69, 9.17) is 18.9 Å². The predicted octanol–water partition coefficient (Wildman–Crippen LogP) is 4.52. The molecule has 0 saturated heterocycles. The molecule has 12 heteroatoms. The van der Waals surface area contributed by atoms with E-state index >= 15 is 0 Å². The zero-order valence-corrected chi connectivity index (χ0v) is 29.1. The van der Waals surface area contributed by atoms with Gasteiger partial charge in [0, 0.05) is 60.0 Å². The summed E-state index contributed by atoms with van der Waals surface area (Å²) >= 11 is 0. The van der Waals surface area contributed by atoms with Crippen molar-refractivity contribution in [3.05, 3.63) is 100 Å². The summed E-state index contributed by atoms with van der Waals surface area (Å²) in [6.45, 7) is 2.67. The molecule has 12 nitrogen and oxygen atoms in total. The summed E-state index contributed by atoms with van der Waals surface area (Å²) in [6, 6.07) is 21.2. The molecule has 270 valence electrons. The molecule has 52 heavy (non-hydrogen) atoms. The number of pyridine rings is 1. The van der Waals surface area contributed by atoms with Crippen LogP contribution in [0.25, 0.3) is 11.1 Å². The van der Waals surface area contributed by atoms with Crippen molar-refractivity contribution in [1.29, 1.82) is 10.5 Å². The molecule has 0 fully saturated rings. The predicted molar refractivity (Wildman–Crippen MR) is 191 cm³/mol. The van der Waals surface area contributed by atoms with Gasteiger partial charge in [-0.25, -0.2) is 0 Å². The van der Waals surface area contributed by atoms with E-state index in [2.05, 4.69) is 22.4 Å². The first-order valence-corrected chi connectivity index (χ1v) is 17.0. The fraction of sp³-hybridized carbons (Fsp3) is 0.350. The van der Waals surface area contributed by atoms with Gasteiger partial charge >= 0.3 is 0 Å². The van der Waals surface area contributed by atoms with Gasteiger partial charge in [-0.15, -0.1) is 0 Å².